The fraction of sp³-hybridized carbons (Fsp3) is 0.583. The summed E-state index contributed by atoms with van der Waals surface area (Å²) >= 11 is 0. The van der Waals surface area contributed by atoms with E-state index in [0.29, 0.717) is 0 Å². The fourth-order valence-electron chi connectivity index (χ4n) is 2.38. The minimum Gasteiger partial charge on any atom is -0.481 e. The van der Waals surface area contributed by atoms with Crippen LogP contribution in [0.25, 0.3) is 0 Å². The Morgan fingerprint density at radius 3 is 3.00 bits per heavy atom. The summed E-state index contributed by atoms with van der Waals surface area (Å²) in [6.45, 7) is 0.906. The van der Waals surface area contributed by atoms with Crippen LogP contribution < -0.4 is 5.32 Å². The minimum absolute atomic E-state index is 0.0406. The lowest BCUT2D eigenvalue weighted by atomic mass is 9.92. The van der Waals surface area contributed by atoms with E-state index in [9.17, 15) is 9.90 Å². The fourth-order valence-corrected chi connectivity index (χ4v) is 2.38. The second kappa shape index (κ2) is 4.70. The van der Waals surface area contributed by atoms with Gasteiger partial charge in [0.2, 0.25) is 0 Å². The number of nitrogens with zero attached hydrogens (tertiary/aromatic N) is 1. The number of hydrogen-bond acceptors (Lipinski definition) is 2. The Kier molecular flexibility index (Phi) is 3.29. The number of carboxylic acid groups (broad SMARTS) is 1. The van der Waals surface area contributed by atoms with Crippen molar-refractivity contribution in [2.24, 2.45) is 13.0 Å². The highest BCUT2D eigenvalue weighted by Gasteiger charge is 2.30. The molecule has 0 aromatic carbocycles. The van der Waals surface area contributed by atoms with Crippen LogP contribution in [0.1, 0.15) is 30.9 Å². The van der Waals surface area contributed by atoms with Crippen LogP contribution in [0.15, 0.2) is 18.5 Å². The van der Waals surface area contributed by atoms with Gasteiger partial charge in [-0.1, -0.05) is 6.42 Å². The van der Waals surface area contributed by atoms with Crippen LogP contribution in [-0.2, 0) is 11.8 Å². The molecule has 1 fully saturated rings. The molecular weight excluding hydrogens is 204 g/mol. The van der Waals surface area contributed by atoms with Crippen LogP contribution in [0, 0.1) is 5.92 Å². The number of aromatic nitrogens is 1. The van der Waals surface area contributed by atoms with Gasteiger partial charge in [0.1, 0.15) is 0 Å². The Bertz CT molecular complexity index is 373. The Morgan fingerprint density at radius 2 is 2.38 bits per heavy atom. The molecule has 0 bridgehead atoms. The first-order chi connectivity index (χ1) is 7.68. The van der Waals surface area contributed by atoms with Gasteiger partial charge in [-0.15, -0.1) is 0 Å². The number of carbonyl (C=O) groups is 1. The maximum Gasteiger partial charge on any atom is 0.308 e. The highest BCUT2D eigenvalue weighted by Crippen LogP contribution is 2.29. The summed E-state index contributed by atoms with van der Waals surface area (Å²) in [7, 11) is 1.95. The zero-order chi connectivity index (χ0) is 11.5. The van der Waals surface area contributed by atoms with Gasteiger partial charge >= 0.3 is 5.97 Å². The molecule has 0 radical (unpaired) electrons. The summed E-state index contributed by atoms with van der Waals surface area (Å²) < 4.78 is 1.96. The quantitative estimate of drug-likeness (QED) is 0.798. The molecule has 88 valence electrons. The Labute approximate surface area is 95.3 Å². The first-order valence-corrected chi connectivity index (χ1v) is 5.76. The molecule has 2 rings (SSSR count). The van der Waals surface area contributed by atoms with Crippen LogP contribution >= 0.6 is 0 Å². The lowest BCUT2D eigenvalue weighted by molar-refractivity contribution is -0.143. The van der Waals surface area contributed by atoms with Gasteiger partial charge in [0.05, 0.1) is 5.92 Å². The van der Waals surface area contributed by atoms with Crippen LogP contribution in [-0.4, -0.2) is 22.2 Å². The molecule has 0 aliphatic carbocycles. The summed E-state index contributed by atoms with van der Waals surface area (Å²) in [5.74, 6) is -0.992. The summed E-state index contributed by atoms with van der Waals surface area (Å²) in [6, 6.07) is 1.96. The zero-order valence-corrected chi connectivity index (χ0v) is 9.52. The topological polar surface area (TPSA) is 54.3 Å². The molecule has 16 heavy (non-hydrogen) atoms. The molecule has 1 aliphatic heterocycles. The number of hydrogen-bond donors (Lipinski definition) is 2. The minimum atomic E-state index is -0.691. The van der Waals surface area contributed by atoms with Crippen LogP contribution in [0.2, 0.25) is 0 Å². The average molecular weight is 222 g/mol. The largest absolute Gasteiger partial charge is 0.481 e. The van der Waals surface area contributed by atoms with Crippen molar-refractivity contribution in [3.05, 3.63) is 24.0 Å². The van der Waals surface area contributed by atoms with E-state index in [2.05, 4.69) is 5.32 Å². The van der Waals surface area contributed by atoms with E-state index in [1.807, 2.05) is 30.1 Å². The summed E-state index contributed by atoms with van der Waals surface area (Å²) in [5, 5.41) is 12.6. The van der Waals surface area contributed by atoms with Crippen molar-refractivity contribution < 1.29 is 9.90 Å². The molecule has 0 unspecified atom stereocenters. The first kappa shape index (κ1) is 11.2. The van der Waals surface area contributed by atoms with Crippen LogP contribution in [0.3, 0.4) is 0 Å². The third-order valence-corrected chi connectivity index (χ3v) is 3.24. The number of aryl methyl sites for hydroxylation is 1. The molecular formula is C12H18N2O2. The van der Waals surface area contributed by atoms with E-state index >= 15 is 0 Å². The summed E-state index contributed by atoms with van der Waals surface area (Å²) in [5.41, 5.74) is 1.08. The van der Waals surface area contributed by atoms with Gasteiger partial charge in [-0.05, 0) is 31.0 Å². The molecule has 0 amide bonds. The normalized spacial score (nSPS) is 26.3. The molecule has 1 aliphatic rings. The van der Waals surface area contributed by atoms with Crippen molar-refractivity contribution in [2.75, 3.05) is 6.54 Å². The Morgan fingerprint density at radius 1 is 1.56 bits per heavy atom. The summed E-state index contributed by atoms with van der Waals surface area (Å²) in [4.78, 5) is 11.3. The molecule has 1 aromatic rings. The van der Waals surface area contributed by atoms with Gasteiger partial charge in [-0.3, -0.25) is 4.79 Å². The van der Waals surface area contributed by atoms with Gasteiger partial charge in [0.25, 0.3) is 0 Å². The van der Waals surface area contributed by atoms with Gasteiger partial charge in [0.15, 0.2) is 0 Å². The van der Waals surface area contributed by atoms with Gasteiger partial charge in [-0.2, -0.15) is 0 Å². The molecule has 0 saturated carbocycles. The van der Waals surface area contributed by atoms with Crippen LogP contribution in [0.4, 0.5) is 0 Å². The van der Waals surface area contributed by atoms with Gasteiger partial charge in [-0.25, -0.2) is 0 Å². The standard InChI is InChI=1S/C12H18N2O2/c1-14-7-5-9(8-14)11-10(12(15)16)4-2-3-6-13-11/h5,7-8,10-11,13H,2-4,6H2,1H3,(H,15,16)/t10-,11+/m0/s1. The maximum absolute atomic E-state index is 11.3. The van der Waals surface area contributed by atoms with Crippen molar-refractivity contribution in [1.29, 1.82) is 0 Å². The SMILES string of the molecule is Cn1ccc([C@H]2NCCCC[C@@H]2C(=O)O)c1. The lowest BCUT2D eigenvalue weighted by Crippen LogP contribution is -2.31. The van der Waals surface area contributed by atoms with Crippen molar-refractivity contribution in [3.63, 3.8) is 0 Å². The van der Waals surface area contributed by atoms with E-state index in [1.165, 1.54) is 0 Å². The first-order valence-electron chi connectivity index (χ1n) is 5.76. The number of rotatable bonds is 2. The third-order valence-electron chi connectivity index (χ3n) is 3.24. The van der Waals surface area contributed by atoms with Gasteiger partial charge < -0.3 is 15.0 Å². The second-order valence-electron chi connectivity index (χ2n) is 4.48. The molecule has 2 atom stereocenters. The molecule has 4 nitrogen and oxygen atoms in total. The molecule has 2 heterocycles. The monoisotopic (exact) mass is 222 g/mol. The van der Waals surface area contributed by atoms with Crippen molar-refractivity contribution >= 4 is 5.97 Å². The molecule has 1 aromatic heterocycles. The molecule has 2 N–H and O–H groups in total. The van der Waals surface area contributed by atoms with E-state index in [4.69, 9.17) is 0 Å². The van der Waals surface area contributed by atoms with Crippen molar-refractivity contribution in [3.8, 4) is 0 Å². The highest BCUT2D eigenvalue weighted by molar-refractivity contribution is 5.71. The Hall–Kier alpha value is -1.29. The molecule has 0 spiro atoms. The molecule has 4 heteroatoms. The van der Waals surface area contributed by atoms with Crippen molar-refractivity contribution in [2.45, 2.75) is 25.3 Å². The molecule has 1 saturated heterocycles. The smallest absolute Gasteiger partial charge is 0.308 e. The van der Waals surface area contributed by atoms with E-state index in [-0.39, 0.29) is 12.0 Å². The zero-order valence-electron chi connectivity index (χ0n) is 9.52. The Balaban J connectivity index is 2.23. The van der Waals surface area contributed by atoms with E-state index in [1.54, 1.807) is 0 Å². The highest BCUT2D eigenvalue weighted by atomic mass is 16.4. The van der Waals surface area contributed by atoms with E-state index < -0.39 is 5.97 Å². The summed E-state index contributed by atoms with van der Waals surface area (Å²) in [6.07, 6.45) is 6.78. The van der Waals surface area contributed by atoms with Crippen molar-refractivity contribution in [1.82, 2.24) is 9.88 Å². The predicted molar refractivity (Wildman–Crippen MR) is 61.1 cm³/mol. The van der Waals surface area contributed by atoms with E-state index in [0.717, 1.165) is 31.4 Å². The van der Waals surface area contributed by atoms with Gasteiger partial charge in [0, 0.05) is 25.5 Å². The number of carboxylic acids is 1. The lowest BCUT2D eigenvalue weighted by Gasteiger charge is -2.21. The average Bonchev–Trinajstić information content (AvgIpc) is 2.54. The number of nitrogens with one attached hydrogen (secondary N) is 1. The number of aliphatic carboxylic acids is 1. The third kappa shape index (κ3) is 2.27. The maximum atomic E-state index is 11.3. The second-order valence-corrected chi connectivity index (χ2v) is 4.48. The van der Waals surface area contributed by atoms with Crippen LogP contribution in [0.5, 0.6) is 0 Å². The predicted octanol–water partition coefficient (Wildman–Crippen LogP) is 1.54.